The van der Waals surface area contributed by atoms with E-state index in [-0.39, 0.29) is 5.56 Å². The first kappa shape index (κ1) is 12.6. The van der Waals surface area contributed by atoms with Gasteiger partial charge in [0.1, 0.15) is 4.47 Å². The van der Waals surface area contributed by atoms with Crippen LogP contribution in [0.2, 0.25) is 0 Å². The van der Waals surface area contributed by atoms with Gasteiger partial charge in [-0.3, -0.25) is 9.36 Å². The lowest BCUT2D eigenvalue weighted by Crippen LogP contribution is -2.23. The molecule has 4 heteroatoms. The van der Waals surface area contributed by atoms with E-state index in [1.165, 1.54) is 12.8 Å². The largest absolute Gasteiger partial charge is 0.294 e. The van der Waals surface area contributed by atoms with Crippen molar-refractivity contribution in [3.63, 3.8) is 0 Å². The third-order valence-electron chi connectivity index (χ3n) is 3.43. The van der Waals surface area contributed by atoms with Gasteiger partial charge in [-0.1, -0.05) is 30.3 Å². The summed E-state index contributed by atoms with van der Waals surface area (Å²) in [6.07, 6.45) is 5.11. The molecule has 98 valence electrons. The Kier molecular flexibility index (Phi) is 3.51. The predicted octanol–water partition coefficient (Wildman–Crippen LogP) is 3.01. The topological polar surface area (TPSA) is 34.9 Å². The zero-order chi connectivity index (χ0) is 13.2. The Hall–Kier alpha value is -1.42. The van der Waals surface area contributed by atoms with Crippen molar-refractivity contribution in [1.82, 2.24) is 9.55 Å². The third-order valence-corrected chi connectivity index (χ3v) is 4.23. The summed E-state index contributed by atoms with van der Waals surface area (Å²) in [7, 11) is 0. The van der Waals surface area contributed by atoms with Gasteiger partial charge in [0.15, 0.2) is 0 Å². The van der Waals surface area contributed by atoms with Gasteiger partial charge in [-0.15, -0.1) is 0 Å². The van der Waals surface area contributed by atoms with E-state index in [0.717, 1.165) is 23.6 Å². The molecule has 0 N–H and O–H groups in total. The lowest BCUT2D eigenvalue weighted by molar-refractivity contribution is 0.701. The quantitative estimate of drug-likeness (QED) is 0.868. The van der Waals surface area contributed by atoms with Crippen molar-refractivity contribution in [2.24, 2.45) is 5.92 Å². The van der Waals surface area contributed by atoms with Crippen LogP contribution in [-0.2, 0) is 13.0 Å². The van der Waals surface area contributed by atoms with E-state index in [9.17, 15) is 4.79 Å². The second-order valence-electron chi connectivity index (χ2n) is 5.07. The van der Waals surface area contributed by atoms with E-state index in [4.69, 9.17) is 0 Å². The molecule has 2 aromatic rings. The second-order valence-corrected chi connectivity index (χ2v) is 5.86. The van der Waals surface area contributed by atoms with Crippen LogP contribution in [0.15, 0.2) is 45.9 Å². The maximum absolute atomic E-state index is 12.3. The highest BCUT2D eigenvalue weighted by atomic mass is 79.9. The number of rotatable bonds is 4. The van der Waals surface area contributed by atoms with Crippen molar-refractivity contribution in [3.8, 4) is 0 Å². The predicted molar refractivity (Wildman–Crippen MR) is 78.2 cm³/mol. The van der Waals surface area contributed by atoms with Crippen LogP contribution in [0, 0.1) is 5.92 Å². The van der Waals surface area contributed by atoms with Gasteiger partial charge in [-0.25, -0.2) is 4.98 Å². The summed E-state index contributed by atoms with van der Waals surface area (Å²) >= 11 is 3.40. The molecule has 0 radical (unpaired) electrons. The van der Waals surface area contributed by atoms with Crippen molar-refractivity contribution in [2.75, 3.05) is 0 Å². The Morgan fingerprint density at radius 1 is 1.26 bits per heavy atom. The van der Waals surface area contributed by atoms with E-state index in [0.29, 0.717) is 11.0 Å². The molecule has 0 atom stereocenters. The number of benzene rings is 1. The minimum Gasteiger partial charge on any atom is -0.294 e. The molecule has 3 nitrogen and oxygen atoms in total. The number of nitrogens with zero attached hydrogens (tertiary/aromatic N) is 2. The highest BCUT2D eigenvalue weighted by Crippen LogP contribution is 2.33. The van der Waals surface area contributed by atoms with E-state index >= 15 is 0 Å². The van der Waals surface area contributed by atoms with Crippen molar-refractivity contribution in [3.05, 3.63) is 62.7 Å². The molecule has 0 spiro atoms. The first-order valence-corrected chi connectivity index (χ1v) is 7.31. The number of hydrogen-bond donors (Lipinski definition) is 0. The molecule has 0 aliphatic heterocycles. The molecule has 3 rings (SSSR count). The van der Waals surface area contributed by atoms with Crippen LogP contribution in [0.4, 0.5) is 0 Å². The number of aromatic nitrogens is 2. The Bertz CT molecular complexity index is 632. The second kappa shape index (κ2) is 5.29. The monoisotopic (exact) mass is 318 g/mol. The van der Waals surface area contributed by atoms with Gasteiger partial charge in [0.2, 0.25) is 0 Å². The summed E-state index contributed by atoms with van der Waals surface area (Å²) in [6.45, 7) is 0.564. The summed E-state index contributed by atoms with van der Waals surface area (Å²) in [5.41, 5.74) is 2.01. The minimum atomic E-state index is 0.00880. The molecule has 1 fully saturated rings. The van der Waals surface area contributed by atoms with Gasteiger partial charge in [-0.05, 0) is 46.7 Å². The van der Waals surface area contributed by atoms with Crippen LogP contribution >= 0.6 is 15.9 Å². The van der Waals surface area contributed by atoms with Crippen LogP contribution in [0.5, 0.6) is 0 Å². The summed E-state index contributed by atoms with van der Waals surface area (Å²) in [6, 6.07) is 9.95. The van der Waals surface area contributed by atoms with Crippen LogP contribution in [-0.4, -0.2) is 9.55 Å². The Morgan fingerprint density at radius 3 is 2.68 bits per heavy atom. The molecule has 1 aromatic carbocycles. The van der Waals surface area contributed by atoms with Gasteiger partial charge < -0.3 is 0 Å². The lowest BCUT2D eigenvalue weighted by atomic mass is 10.2. The van der Waals surface area contributed by atoms with Crippen molar-refractivity contribution >= 4 is 15.9 Å². The fourth-order valence-corrected chi connectivity index (χ4v) is 2.62. The maximum Gasteiger partial charge on any atom is 0.268 e. The zero-order valence-electron chi connectivity index (χ0n) is 10.6. The average molecular weight is 319 g/mol. The molecular formula is C15H15BrN2O. The van der Waals surface area contributed by atoms with Gasteiger partial charge in [0, 0.05) is 0 Å². The van der Waals surface area contributed by atoms with Crippen LogP contribution in [0.25, 0.3) is 0 Å². The maximum atomic E-state index is 12.3. The molecule has 0 amide bonds. The standard InChI is InChI=1S/C15H15BrN2O/c16-14-13(8-11-6-7-11)17-10-18(15(14)19)9-12-4-2-1-3-5-12/h1-5,10-11H,6-9H2. The molecular weight excluding hydrogens is 304 g/mol. The van der Waals surface area contributed by atoms with E-state index in [2.05, 4.69) is 20.9 Å². The third kappa shape index (κ3) is 2.95. The highest BCUT2D eigenvalue weighted by molar-refractivity contribution is 9.10. The minimum absolute atomic E-state index is 0.00880. The molecule has 1 heterocycles. The molecule has 1 aliphatic carbocycles. The Labute approximate surface area is 120 Å². The normalized spacial score (nSPS) is 14.6. The van der Waals surface area contributed by atoms with E-state index in [1.807, 2.05) is 30.3 Å². The SMILES string of the molecule is O=c1c(Br)c(CC2CC2)ncn1Cc1ccccc1. The zero-order valence-corrected chi connectivity index (χ0v) is 12.1. The number of hydrogen-bond acceptors (Lipinski definition) is 2. The summed E-state index contributed by atoms with van der Waals surface area (Å²) in [4.78, 5) is 16.7. The highest BCUT2D eigenvalue weighted by Gasteiger charge is 2.24. The molecule has 1 aliphatic rings. The van der Waals surface area contributed by atoms with Crippen LogP contribution < -0.4 is 5.56 Å². The van der Waals surface area contributed by atoms with Gasteiger partial charge >= 0.3 is 0 Å². The van der Waals surface area contributed by atoms with Crippen LogP contribution in [0.1, 0.15) is 24.1 Å². The van der Waals surface area contributed by atoms with E-state index < -0.39 is 0 Å². The molecule has 0 unspecified atom stereocenters. The Balaban J connectivity index is 1.86. The van der Waals surface area contributed by atoms with Crippen molar-refractivity contribution in [1.29, 1.82) is 0 Å². The fourth-order valence-electron chi connectivity index (χ4n) is 2.13. The van der Waals surface area contributed by atoms with Gasteiger partial charge in [0.05, 0.1) is 18.6 Å². The first-order valence-electron chi connectivity index (χ1n) is 6.52. The van der Waals surface area contributed by atoms with E-state index in [1.54, 1.807) is 10.9 Å². The summed E-state index contributed by atoms with van der Waals surface area (Å²) in [5.74, 6) is 0.730. The molecule has 0 saturated heterocycles. The van der Waals surface area contributed by atoms with Crippen molar-refractivity contribution < 1.29 is 0 Å². The first-order chi connectivity index (χ1) is 9.24. The molecule has 0 bridgehead atoms. The summed E-state index contributed by atoms with van der Waals surface area (Å²) in [5, 5.41) is 0. The number of halogens is 1. The lowest BCUT2D eigenvalue weighted by Gasteiger charge is -2.08. The van der Waals surface area contributed by atoms with Crippen molar-refractivity contribution in [2.45, 2.75) is 25.8 Å². The van der Waals surface area contributed by atoms with Gasteiger partial charge in [0.25, 0.3) is 5.56 Å². The summed E-state index contributed by atoms with van der Waals surface area (Å²) < 4.78 is 2.27. The Morgan fingerprint density at radius 2 is 2.00 bits per heavy atom. The molecule has 1 saturated carbocycles. The van der Waals surface area contributed by atoms with Gasteiger partial charge in [-0.2, -0.15) is 0 Å². The fraction of sp³-hybridized carbons (Fsp3) is 0.333. The molecule has 1 aromatic heterocycles. The average Bonchev–Trinajstić information content (AvgIpc) is 3.24. The van der Waals surface area contributed by atoms with Crippen LogP contribution in [0.3, 0.4) is 0 Å². The molecule has 19 heavy (non-hydrogen) atoms. The smallest absolute Gasteiger partial charge is 0.268 e.